The van der Waals surface area contributed by atoms with Gasteiger partial charge in [0.25, 0.3) is 0 Å². The molecule has 1 aliphatic heterocycles. The molecule has 28 heavy (non-hydrogen) atoms. The van der Waals surface area contributed by atoms with E-state index >= 15 is 0 Å². The maximum Gasteiger partial charge on any atom is 0.328 e. The number of amides is 1. The zero-order chi connectivity index (χ0) is 21.1. The number of hydrogen-bond donors (Lipinski definition) is 0. The van der Waals surface area contributed by atoms with Gasteiger partial charge in [-0.2, -0.15) is 0 Å². The van der Waals surface area contributed by atoms with E-state index in [1.807, 2.05) is 6.92 Å². The van der Waals surface area contributed by atoms with Crippen molar-refractivity contribution in [3.8, 4) is 0 Å². The van der Waals surface area contributed by atoms with Crippen LogP contribution in [-0.4, -0.2) is 36.0 Å². The first kappa shape index (κ1) is 24.2. The Kier molecular flexibility index (Phi) is 10.9. The van der Waals surface area contributed by atoms with Gasteiger partial charge in [-0.25, -0.2) is 4.79 Å². The third-order valence-electron chi connectivity index (χ3n) is 5.40. The number of methoxy groups -OCH3 is 1. The minimum absolute atomic E-state index is 0.0559. The molecule has 0 saturated carbocycles. The van der Waals surface area contributed by atoms with Crippen molar-refractivity contribution in [1.82, 2.24) is 4.90 Å². The van der Waals surface area contributed by atoms with Crippen molar-refractivity contribution in [1.29, 1.82) is 0 Å². The molecule has 1 rings (SSSR count). The molecule has 2 unspecified atom stereocenters. The molecule has 1 saturated heterocycles. The van der Waals surface area contributed by atoms with Crippen LogP contribution in [0.2, 0.25) is 0 Å². The second kappa shape index (κ2) is 12.6. The monoisotopic (exact) mass is 389 g/mol. The Morgan fingerprint density at radius 2 is 1.64 bits per heavy atom. The van der Waals surface area contributed by atoms with Gasteiger partial charge < -0.3 is 9.64 Å². The number of esters is 1. The predicted molar refractivity (Wildman–Crippen MR) is 116 cm³/mol. The van der Waals surface area contributed by atoms with Gasteiger partial charge in [0.1, 0.15) is 6.04 Å². The number of rotatable bonds is 11. The molecule has 1 aliphatic rings. The summed E-state index contributed by atoms with van der Waals surface area (Å²) in [6.07, 6.45) is 14.1. The molecular weight excluding hydrogens is 350 g/mol. The van der Waals surface area contributed by atoms with Gasteiger partial charge in [0, 0.05) is 12.5 Å². The molecule has 1 heterocycles. The molecule has 0 bridgehead atoms. The van der Waals surface area contributed by atoms with Gasteiger partial charge in [-0.3, -0.25) is 4.79 Å². The van der Waals surface area contributed by atoms with E-state index in [0.29, 0.717) is 12.8 Å². The summed E-state index contributed by atoms with van der Waals surface area (Å²) in [4.78, 5) is 25.8. The fraction of sp³-hybridized carbons (Fsp3) is 0.667. The summed E-state index contributed by atoms with van der Waals surface area (Å²) >= 11 is 0. The summed E-state index contributed by atoms with van der Waals surface area (Å²) < 4.78 is 4.85. The minimum atomic E-state index is -0.406. The van der Waals surface area contributed by atoms with Crippen LogP contribution >= 0.6 is 0 Å². The lowest BCUT2D eigenvalue weighted by Crippen LogP contribution is -2.44. The highest BCUT2D eigenvalue weighted by Crippen LogP contribution is 2.25. The van der Waals surface area contributed by atoms with Crippen LogP contribution in [0.1, 0.15) is 86.0 Å². The van der Waals surface area contributed by atoms with Crippen LogP contribution in [0.3, 0.4) is 0 Å². The maximum absolute atomic E-state index is 12.2. The molecule has 0 radical (unpaired) electrons. The van der Waals surface area contributed by atoms with Crippen molar-refractivity contribution in [2.75, 3.05) is 7.11 Å². The lowest BCUT2D eigenvalue weighted by atomic mass is 10.0. The van der Waals surface area contributed by atoms with E-state index < -0.39 is 6.04 Å². The molecule has 0 aromatic heterocycles. The van der Waals surface area contributed by atoms with Crippen molar-refractivity contribution in [3.63, 3.8) is 0 Å². The van der Waals surface area contributed by atoms with Gasteiger partial charge in [0.05, 0.1) is 7.11 Å². The smallest absolute Gasteiger partial charge is 0.328 e. The van der Waals surface area contributed by atoms with Crippen molar-refractivity contribution >= 4 is 11.9 Å². The van der Waals surface area contributed by atoms with Crippen LogP contribution in [-0.2, 0) is 14.3 Å². The zero-order valence-electron chi connectivity index (χ0n) is 18.7. The largest absolute Gasteiger partial charge is 0.467 e. The first-order valence-electron chi connectivity index (χ1n) is 10.6. The summed E-state index contributed by atoms with van der Waals surface area (Å²) in [5.41, 5.74) is 4.23. The molecule has 158 valence electrons. The molecule has 0 N–H and O–H groups in total. The summed E-state index contributed by atoms with van der Waals surface area (Å²) in [6, 6.07) is -0.350. The Morgan fingerprint density at radius 3 is 2.21 bits per heavy atom. The lowest BCUT2D eigenvalue weighted by Gasteiger charge is -2.29. The average Bonchev–Trinajstić information content (AvgIpc) is 3.02. The Balaban J connectivity index is 2.39. The maximum atomic E-state index is 12.2. The van der Waals surface area contributed by atoms with Crippen molar-refractivity contribution < 1.29 is 14.3 Å². The van der Waals surface area contributed by atoms with Crippen LogP contribution in [0.25, 0.3) is 0 Å². The molecule has 0 aromatic carbocycles. The highest BCUT2D eigenvalue weighted by molar-refractivity contribution is 5.88. The number of likely N-dealkylation sites (tertiary alicyclic amines) is 1. The van der Waals surface area contributed by atoms with Crippen LogP contribution in [0.15, 0.2) is 34.9 Å². The van der Waals surface area contributed by atoms with E-state index in [0.717, 1.165) is 38.5 Å². The molecule has 4 nitrogen and oxygen atoms in total. The number of carbonyl (C=O) groups excluding carboxylic acids is 2. The van der Waals surface area contributed by atoms with Gasteiger partial charge in [-0.1, -0.05) is 34.9 Å². The summed E-state index contributed by atoms with van der Waals surface area (Å²) in [5.74, 6) is -0.228. The standard InChI is InChI=1S/C24H39NO3/c1-18(2)10-7-11-19(3)12-8-13-20(4)14-9-15-21(5)25-22(24(27)28-6)16-17-23(25)26/h10,12,14,21-22H,7-9,11,13,15-17H2,1-6H3/b19-12+,20-14+. The normalized spacial score (nSPS) is 19.0. The quantitative estimate of drug-likeness (QED) is 0.334. The Morgan fingerprint density at radius 1 is 1.07 bits per heavy atom. The van der Waals surface area contributed by atoms with Crippen LogP contribution in [0.5, 0.6) is 0 Å². The third-order valence-corrected chi connectivity index (χ3v) is 5.40. The number of ether oxygens (including phenoxy) is 1. The van der Waals surface area contributed by atoms with E-state index in [1.165, 1.54) is 23.8 Å². The van der Waals surface area contributed by atoms with E-state index in [9.17, 15) is 9.59 Å². The van der Waals surface area contributed by atoms with Gasteiger partial charge in [0.15, 0.2) is 0 Å². The van der Waals surface area contributed by atoms with Crippen LogP contribution in [0, 0.1) is 0 Å². The topological polar surface area (TPSA) is 46.6 Å². The Hall–Kier alpha value is -1.84. The van der Waals surface area contributed by atoms with E-state index in [4.69, 9.17) is 4.74 Å². The molecule has 0 aromatic rings. The SMILES string of the molecule is COC(=O)C1CCC(=O)N1C(C)CC/C=C(\C)CC/C=C(\C)CCC=C(C)C. The van der Waals surface area contributed by atoms with Crippen molar-refractivity contribution in [2.24, 2.45) is 0 Å². The number of hydrogen-bond acceptors (Lipinski definition) is 3. The van der Waals surface area contributed by atoms with E-state index in [-0.39, 0.29) is 17.9 Å². The van der Waals surface area contributed by atoms with E-state index in [2.05, 4.69) is 45.9 Å². The summed E-state index contributed by atoms with van der Waals surface area (Å²) in [7, 11) is 1.39. The fourth-order valence-electron chi connectivity index (χ4n) is 3.67. The van der Waals surface area contributed by atoms with Gasteiger partial charge in [-0.05, 0) is 79.6 Å². The molecule has 4 heteroatoms. The van der Waals surface area contributed by atoms with Gasteiger partial charge in [0.2, 0.25) is 5.91 Å². The zero-order valence-corrected chi connectivity index (χ0v) is 18.7. The summed E-state index contributed by atoms with van der Waals surface area (Å²) in [6.45, 7) is 10.7. The van der Waals surface area contributed by atoms with Gasteiger partial charge in [-0.15, -0.1) is 0 Å². The lowest BCUT2D eigenvalue weighted by molar-refractivity contribution is -0.150. The molecule has 0 spiro atoms. The number of nitrogens with zero attached hydrogens (tertiary/aromatic N) is 1. The molecule has 1 amide bonds. The average molecular weight is 390 g/mol. The fourth-order valence-corrected chi connectivity index (χ4v) is 3.67. The second-order valence-electron chi connectivity index (χ2n) is 8.26. The summed E-state index contributed by atoms with van der Waals surface area (Å²) in [5, 5.41) is 0. The van der Waals surface area contributed by atoms with Gasteiger partial charge >= 0.3 is 5.97 Å². The predicted octanol–water partition coefficient (Wildman–Crippen LogP) is 5.74. The highest BCUT2D eigenvalue weighted by Gasteiger charge is 2.39. The third kappa shape index (κ3) is 8.45. The molecule has 1 fully saturated rings. The minimum Gasteiger partial charge on any atom is -0.467 e. The highest BCUT2D eigenvalue weighted by atomic mass is 16.5. The Labute approximate surface area is 171 Å². The molecular formula is C24H39NO3. The number of allylic oxidation sites excluding steroid dienone is 6. The first-order valence-corrected chi connectivity index (χ1v) is 10.6. The first-order chi connectivity index (χ1) is 13.3. The molecule has 2 atom stereocenters. The van der Waals surface area contributed by atoms with Crippen LogP contribution in [0.4, 0.5) is 0 Å². The molecule has 0 aliphatic carbocycles. The van der Waals surface area contributed by atoms with Crippen LogP contribution < -0.4 is 0 Å². The van der Waals surface area contributed by atoms with Crippen molar-refractivity contribution in [3.05, 3.63) is 34.9 Å². The Bertz CT molecular complexity index is 611. The number of carbonyl (C=O) groups is 2. The second-order valence-corrected chi connectivity index (χ2v) is 8.26. The van der Waals surface area contributed by atoms with Crippen molar-refractivity contribution in [2.45, 2.75) is 98.1 Å². The van der Waals surface area contributed by atoms with E-state index in [1.54, 1.807) is 4.90 Å².